The number of methoxy groups -OCH3 is 1. The maximum absolute atomic E-state index is 6.18. The van der Waals surface area contributed by atoms with Crippen LogP contribution in [0.4, 0.5) is 16.8 Å². The number of halogens is 1. The first-order valence-corrected chi connectivity index (χ1v) is 8.91. The second kappa shape index (κ2) is 8.11. The van der Waals surface area contributed by atoms with E-state index in [2.05, 4.69) is 30.8 Å². The predicted octanol–water partition coefficient (Wildman–Crippen LogP) is 4.40. The van der Waals surface area contributed by atoms with Gasteiger partial charge in [0.15, 0.2) is 10.3 Å². The molecule has 0 bridgehead atoms. The molecule has 3 aromatic rings. The molecule has 2 heterocycles. The number of thiazole rings is 1. The van der Waals surface area contributed by atoms with Crippen LogP contribution in [0.2, 0.25) is 5.15 Å². The van der Waals surface area contributed by atoms with Crippen molar-refractivity contribution < 1.29 is 4.74 Å². The maximum atomic E-state index is 6.18. The third kappa shape index (κ3) is 4.68. The minimum Gasteiger partial charge on any atom is -0.497 e. The van der Waals surface area contributed by atoms with E-state index in [0.717, 1.165) is 27.7 Å². The molecule has 0 fully saturated rings. The number of nitrogens with zero attached hydrogens (tertiary/aromatic N) is 4. The van der Waals surface area contributed by atoms with Gasteiger partial charge in [-0.15, -0.1) is 0 Å². The van der Waals surface area contributed by atoms with Crippen LogP contribution in [0.1, 0.15) is 16.3 Å². The molecule has 0 aliphatic heterocycles. The number of aryl methyl sites for hydroxylation is 2. The Kier molecular flexibility index (Phi) is 5.65. The summed E-state index contributed by atoms with van der Waals surface area (Å²) >= 11 is 7.57. The van der Waals surface area contributed by atoms with Gasteiger partial charge in [0.05, 0.1) is 18.2 Å². The van der Waals surface area contributed by atoms with Gasteiger partial charge >= 0.3 is 0 Å². The zero-order valence-corrected chi connectivity index (χ0v) is 16.0. The van der Waals surface area contributed by atoms with Crippen molar-refractivity contribution in [3.8, 4) is 5.75 Å². The van der Waals surface area contributed by atoms with Crippen molar-refractivity contribution in [2.75, 3.05) is 17.9 Å². The first-order chi connectivity index (χ1) is 12.5. The summed E-state index contributed by atoms with van der Waals surface area (Å²) < 4.78 is 5.14. The van der Waals surface area contributed by atoms with Gasteiger partial charge in [0.25, 0.3) is 0 Å². The number of ether oxygens (including phenoxy) is 1. The summed E-state index contributed by atoms with van der Waals surface area (Å²) in [6.07, 6.45) is 1.60. The van der Waals surface area contributed by atoms with Gasteiger partial charge in [0.1, 0.15) is 5.75 Å². The molecule has 0 saturated carbocycles. The minimum atomic E-state index is 0.373. The van der Waals surface area contributed by atoms with E-state index in [1.165, 1.54) is 11.3 Å². The highest BCUT2D eigenvalue weighted by atomic mass is 35.5. The van der Waals surface area contributed by atoms with E-state index in [1.807, 2.05) is 44.2 Å². The lowest BCUT2D eigenvalue weighted by atomic mass is 10.3. The average Bonchev–Trinajstić information content (AvgIpc) is 2.94. The molecule has 1 aromatic carbocycles. The monoisotopic (exact) mass is 388 g/mol. The Bertz CT molecular complexity index is 905. The molecule has 2 aromatic heterocycles. The molecular weight excluding hydrogens is 372 g/mol. The Balaban J connectivity index is 1.67. The summed E-state index contributed by atoms with van der Waals surface area (Å²) in [6, 6.07) is 9.44. The molecule has 0 atom stereocenters. The van der Waals surface area contributed by atoms with Crippen molar-refractivity contribution in [1.82, 2.24) is 15.0 Å². The number of aromatic nitrogens is 3. The molecule has 0 radical (unpaired) electrons. The summed E-state index contributed by atoms with van der Waals surface area (Å²) in [7, 11) is 1.63. The van der Waals surface area contributed by atoms with Crippen LogP contribution in [0.3, 0.4) is 0 Å². The van der Waals surface area contributed by atoms with E-state index in [4.69, 9.17) is 16.3 Å². The highest BCUT2D eigenvalue weighted by Gasteiger charge is 2.08. The number of nitrogens with one attached hydrogen (secondary N) is 2. The lowest BCUT2D eigenvalue weighted by molar-refractivity contribution is 0.415. The predicted molar refractivity (Wildman–Crippen MR) is 106 cm³/mol. The van der Waals surface area contributed by atoms with E-state index in [0.29, 0.717) is 16.2 Å². The zero-order valence-electron chi connectivity index (χ0n) is 14.4. The SMILES string of the molecule is COc1ccc(Nc2nc(Cl)c(/C=N/Nc3nc(C)cc(C)n3)s2)cc1. The van der Waals surface area contributed by atoms with Crippen LogP contribution in [-0.2, 0) is 0 Å². The summed E-state index contributed by atoms with van der Waals surface area (Å²) in [4.78, 5) is 13.5. The van der Waals surface area contributed by atoms with Crippen molar-refractivity contribution in [2.24, 2.45) is 5.10 Å². The standard InChI is InChI=1S/C17H17ClN6OS/c1-10-8-11(2)21-16(20-10)24-19-9-14-15(18)23-17(26-14)22-12-4-6-13(25-3)7-5-12/h4-9H,1-3H3,(H,22,23)(H,20,21,24)/b19-9+. The molecule has 0 aliphatic rings. The zero-order chi connectivity index (χ0) is 18.5. The lowest BCUT2D eigenvalue weighted by Gasteiger charge is -2.03. The van der Waals surface area contributed by atoms with Gasteiger partial charge in [-0.2, -0.15) is 5.10 Å². The third-order valence-electron chi connectivity index (χ3n) is 3.28. The molecule has 3 rings (SSSR count). The molecule has 134 valence electrons. The molecule has 26 heavy (non-hydrogen) atoms. The summed E-state index contributed by atoms with van der Waals surface area (Å²) in [6.45, 7) is 3.81. The number of hydrogen-bond acceptors (Lipinski definition) is 8. The second-order valence-electron chi connectivity index (χ2n) is 5.37. The molecule has 7 nitrogen and oxygen atoms in total. The molecule has 0 amide bonds. The molecule has 0 spiro atoms. The first-order valence-electron chi connectivity index (χ1n) is 7.72. The normalized spacial score (nSPS) is 10.9. The third-order valence-corrected chi connectivity index (χ3v) is 4.59. The maximum Gasteiger partial charge on any atom is 0.243 e. The van der Waals surface area contributed by atoms with Gasteiger partial charge < -0.3 is 10.1 Å². The number of benzene rings is 1. The topological polar surface area (TPSA) is 84.3 Å². The van der Waals surface area contributed by atoms with Gasteiger partial charge in [-0.3, -0.25) is 0 Å². The van der Waals surface area contributed by atoms with Crippen molar-refractivity contribution >= 4 is 45.9 Å². The largest absolute Gasteiger partial charge is 0.497 e. The van der Waals surface area contributed by atoms with Crippen molar-refractivity contribution in [3.63, 3.8) is 0 Å². The Morgan fingerprint density at radius 1 is 1.12 bits per heavy atom. The summed E-state index contributed by atoms with van der Waals surface area (Å²) in [5, 5.41) is 8.38. The molecule has 0 saturated heterocycles. The van der Waals surface area contributed by atoms with E-state index in [1.54, 1.807) is 13.3 Å². The van der Waals surface area contributed by atoms with Crippen molar-refractivity contribution in [3.05, 3.63) is 51.7 Å². The van der Waals surface area contributed by atoms with Crippen molar-refractivity contribution in [1.29, 1.82) is 0 Å². The fourth-order valence-corrected chi connectivity index (χ4v) is 3.22. The Morgan fingerprint density at radius 2 is 1.81 bits per heavy atom. The summed E-state index contributed by atoms with van der Waals surface area (Å²) in [5.41, 5.74) is 5.44. The van der Waals surface area contributed by atoms with Gasteiger partial charge in [0, 0.05) is 17.1 Å². The van der Waals surface area contributed by atoms with Crippen LogP contribution >= 0.6 is 22.9 Å². The molecular formula is C17H17ClN6OS. The van der Waals surface area contributed by atoms with Crippen LogP contribution in [0.25, 0.3) is 0 Å². The van der Waals surface area contributed by atoms with Crippen LogP contribution in [0.15, 0.2) is 35.4 Å². The molecule has 2 N–H and O–H groups in total. The van der Waals surface area contributed by atoms with Gasteiger partial charge in [-0.05, 0) is 44.2 Å². The minimum absolute atomic E-state index is 0.373. The van der Waals surface area contributed by atoms with Crippen LogP contribution in [-0.4, -0.2) is 28.3 Å². The average molecular weight is 389 g/mol. The second-order valence-corrected chi connectivity index (χ2v) is 6.76. The molecule has 0 unspecified atom stereocenters. The van der Waals surface area contributed by atoms with Gasteiger partial charge in [-0.25, -0.2) is 20.4 Å². The number of rotatable bonds is 6. The van der Waals surface area contributed by atoms with Crippen molar-refractivity contribution in [2.45, 2.75) is 13.8 Å². The highest BCUT2D eigenvalue weighted by molar-refractivity contribution is 7.17. The molecule has 0 aliphatic carbocycles. The van der Waals surface area contributed by atoms with Crippen LogP contribution in [0, 0.1) is 13.8 Å². The number of hydrazone groups is 1. The number of hydrogen-bond donors (Lipinski definition) is 2. The van der Waals surface area contributed by atoms with E-state index in [9.17, 15) is 0 Å². The highest BCUT2D eigenvalue weighted by Crippen LogP contribution is 2.28. The van der Waals surface area contributed by atoms with Gasteiger partial charge in [0.2, 0.25) is 5.95 Å². The van der Waals surface area contributed by atoms with E-state index >= 15 is 0 Å². The number of anilines is 3. The first kappa shape index (κ1) is 18.1. The molecule has 9 heteroatoms. The Hall–Kier alpha value is -2.71. The van der Waals surface area contributed by atoms with E-state index in [-0.39, 0.29) is 0 Å². The Morgan fingerprint density at radius 3 is 2.46 bits per heavy atom. The Labute approximate surface area is 160 Å². The lowest BCUT2D eigenvalue weighted by Crippen LogP contribution is -1.99. The fraction of sp³-hybridized carbons (Fsp3) is 0.176. The fourth-order valence-electron chi connectivity index (χ4n) is 2.17. The van der Waals surface area contributed by atoms with E-state index < -0.39 is 0 Å². The van der Waals surface area contributed by atoms with Gasteiger partial charge in [-0.1, -0.05) is 22.9 Å². The van der Waals surface area contributed by atoms with Crippen LogP contribution < -0.4 is 15.5 Å². The van der Waals surface area contributed by atoms with Crippen LogP contribution in [0.5, 0.6) is 5.75 Å². The smallest absolute Gasteiger partial charge is 0.243 e. The quantitative estimate of drug-likeness (QED) is 0.481. The summed E-state index contributed by atoms with van der Waals surface area (Å²) in [5.74, 6) is 1.23.